The summed E-state index contributed by atoms with van der Waals surface area (Å²) in [6, 6.07) is 8.88. The number of carbonyl (C=O) groups excluding carboxylic acids is 2. The van der Waals surface area contributed by atoms with Crippen LogP contribution in [0.25, 0.3) is 17.2 Å². The number of carbonyl (C=O) groups is 2. The fraction of sp³-hybridized carbons (Fsp3) is 0.217. The average molecular weight is 416 g/mol. The fourth-order valence-corrected chi connectivity index (χ4v) is 3.66. The molecule has 1 atom stereocenters. The molecule has 8 heteroatoms. The van der Waals surface area contributed by atoms with E-state index in [1.807, 2.05) is 25.4 Å². The van der Waals surface area contributed by atoms with Gasteiger partial charge in [-0.3, -0.25) is 14.3 Å². The zero-order valence-corrected chi connectivity index (χ0v) is 17.3. The lowest BCUT2D eigenvalue weighted by molar-refractivity contribution is 0.0783. The topological polar surface area (TPSA) is 106 Å². The van der Waals surface area contributed by atoms with Gasteiger partial charge in [0.15, 0.2) is 0 Å². The van der Waals surface area contributed by atoms with Crippen molar-refractivity contribution in [3.63, 3.8) is 0 Å². The van der Waals surface area contributed by atoms with E-state index in [1.165, 1.54) is 0 Å². The summed E-state index contributed by atoms with van der Waals surface area (Å²) < 4.78 is 1.68. The lowest BCUT2D eigenvalue weighted by Crippen LogP contribution is -2.38. The highest BCUT2D eigenvalue weighted by atomic mass is 16.2. The number of hydrogen-bond donors (Lipinski definition) is 2. The highest BCUT2D eigenvalue weighted by Gasteiger charge is 2.28. The standard InChI is InChI=1S/C23H24N6O2/c1-3-15-4-6-16(7-5-15)23(31)29-9-8-19(14-29)27-22(30)20-10-17(11-25-21(20)24)18-12-26-28(2)13-18/h3-7,10-13,19H,1,8-9,14H2,2H3,(H2,24,25)(H,27,30)/t19-/m1/s1. The Morgan fingerprint density at radius 3 is 2.68 bits per heavy atom. The summed E-state index contributed by atoms with van der Waals surface area (Å²) in [5, 5.41) is 7.13. The van der Waals surface area contributed by atoms with Crippen molar-refractivity contribution in [3.05, 3.63) is 72.2 Å². The number of nitrogens with one attached hydrogen (secondary N) is 1. The fourth-order valence-electron chi connectivity index (χ4n) is 3.66. The molecule has 0 unspecified atom stereocenters. The molecule has 0 spiro atoms. The van der Waals surface area contributed by atoms with E-state index in [0.29, 0.717) is 30.6 Å². The molecule has 2 aromatic heterocycles. The molecule has 0 saturated carbocycles. The lowest BCUT2D eigenvalue weighted by Gasteiger charge is -2.17. The number of nitrogen functional groups attached to an aromatic ring is 1. The van der Waals surface area contributed by atoms with Gasteiger partial charge in [-0.25, -0.2) is 4.98 Å². The summed E-state index contributed by atoms with van der Waals surface area (Å²) >= 11 is 0. The van der Waals surface area contributed by atoms with Crippen molar-refractivity contribution in [2.45, 2.75) is 12.5 Å². The van der Waals surface area contributed by atoms with E-state index in [1.54, 1.807) is 46.3 Å². The van der Waals surface area contributed by atoms with E-state index in [4.69, 9.17) is 5.73 Å². The largest absolute Gasteiger partial charge is 0.383 e. The first-order valence-electron chi connectivity index (χ1n) is 10.0. The minimum atomic E-state index is -0.301. The van der Waals surface area contributed by atoms with E-state index in [-0.39, 0.29) is 23.7 Å². The van der Waals surface area contributed by atoms with Crippen LogP contribution in [0.5, 0.6) is 0 Å². The van der Waals surface area contributed by atoms with Crippen molar-refractivity contribution in [2.75, 3.05) is 18.8 Å². The number of amides is 2. The second kappa shape index (κ2) is 8.43. The number of nitrogens with zero attached hydrogens (tertiary/aromatic N) is 4. The molecule has 8 nitrogen and oxygen atoms in total. The minimum absolute atomic E-state index is 0.0490. The number of benzene rings is 1. The average Bonchev–Trinajstić information content (AvgIpc) is 3.42. The van der Waals surface area contributed by atoms with Gasteiger partial charge < -0.3 is 16.0 Å². The lowest BCUT2D eigenvalue weighted by atomic mass is 10.1. The zero-order valence-electron chi connectivity index (χ0n) is 17.3. The number of likely N-dealkylation sites (tertiary alicyclic amines) is 1. The van der Waals surface area contributed by atoms with Gasteiger partial charge in [0.2, 0.25) is 0 Å². The van der Waals surface area contributed by atoms with Gasteiger partial charge in [-0.2, -0.15) is 5.10 Å². The maximum Gasteiger partial charge on any atom is 0.255 e. The first kappa shape index (κ1) is 20.3. The van der Waals surface area contributed by atoms with Crippen molar-refractivity contribution >= 4 is 23.7 Å². The van der Waals surface area contributed by atoms with Crippen molar-refractivity contribution in [3.8, 4) is 11.1 Å². The number of aryl methyl sites for hydroxylation is 1. The van der Waals surface area contributed by atoms with E-state index in [0.717, 1.165) is 16.7 Å². The Kier molecular flexibility index (Phi) is 5.53. The zero-order chi connectivity index (χ0) is 22.0. The van der Waals surface area contributed by atoms with Crippen molar-refractivity contribution in [1.29, 1.82) is 0 Å². The predicted octanol–water partition coefficient (Wildman–Crippen LogP) is 2.35. The van der Waals surface area contributed by atoms with Crippen molar-refractivity contribution in [1.82, 2.24) is 25.0 Å². The third kappa shape index (κ3) is 4.32. The predicted molar refractivity (Wildman–Crippen MR) is 119 cm³/mol. The van der Waals surface area contributed by atoms with Gasteiger partial charge in [-0.1, -0.05) is 24.8 Å². The van der Waals surface area contributed by atoms with Crippen molar-refractivity contribution in [2.24, 2.45) is 7.05 Å². The molecular weight excluding hydrogens is 392 g/mol. The van der Waals surface area contributed by atoms with Gasteiger partial charge in [0.05, 0.1) is 11.8 Å². The summed E-state index contributed by atoms with van der Waals surface area (Å²) in [5.74, 6) is -0.184. The molecule has 3 N–H and O–H groups in total. The van der Waals surface area contributed by atoms with Crippen LogP contribution in [0, 0.1) is 0 Å². The van der Waals surface area contributed by atoms with Gasteiger partial charge in [-0.05, 0) is 30.2 Å². The third-order valence-corrected chi connectivity index (χ3v) is 5.41. The Morgan fingerprint density at radius 1 is 1.23 bits per heavy atom. The number of anilines is 1. The Morgan fingerprint density at radius 2 is 2.00 bits per heavy atom. The van der Waals surface area contributed by atoms with Crippen LogP contribution in [0.2, 0.25) is 0 Å². The molecule has 1 saturated heterocycles. The van der Waals surface area contributed by atoms with Gasteiger partial charge in [0, 0.05) is 55.3 Å². The Hall–Kier alpha value is -3.94. The summed E-state index contributed by atoms with van der Waals surface area (Å²) in [5.41, 5.74) is 9.47. The number of pyridine rings is 1. The van der Waals surface area contributed by atoms with Gasteiger partial charge >= 0.3 is 0 Å². The molecule has 0 aliphatic carbocycles. The van der Waals surface area contributed by atoms with Gasteiger partial charge in [0.25, 0.3) is 11.8 Å². The molecule has 1 aromatic carbocycles. The summed E-state index contributed by atoms with van der Waals surface area (Å²) in [6.07, 6.45) is 7.59. The number of rotatable bonds is 5. The summed E-state index contributed by atoms with van der Waals surface area (Å²) in [6.45, 7) is 4.75. The van der Waals surface area contributed by atoms with E-state index in [2.05, 4.69) is 22.0 Å². The maximum atomic E-state index is 12.9. The second-order valence-electron chi connectivity index (χ2n) is 7.60. The Labute approximate surface area is 180 Å². The third-order valence-electron chi connectivity index (χ3n) is 5.41. The van der Waals surface area contributed by atoms with Crippen LogP contribution in [0.4, 0.5) is 5.82 Å². The molecule has 3 heterocycles. The Bertz CT molecular complexity index is 1140. The molecule has 0 bridgehead atoms. The smallest absolute Gasteiger partial charge is 0.255 e. The van der Waals surface area contributed by atoms with E-state index in [9.17, 15) is 9.59 Å². The van der Waals surface area contributed by atoms with Crippen LogP contribution >= 0.6 is 0 Å². The van der Waals surface area contributed by atoms with Crippen LogP contribution in [0.3, 0.4) is 0 Å². The molecule has 4 rings (SSSR count). The monoisotopic (exact) mass is 416 g/mol. The SMILES string of the molecule is C=Cc1ccc(C(=O)N2CC[C@@H](NC(=O)c3cc(-c4cnn(C)c4)cnc3N)C2)cc1. The summed E-state index contributed by atoms with van der Waals surface area (Å²) in [7, 11) is 1.82. The molecule has 158 valence electrons. The van der Waals surface area contributed by atoms with Crippen LogP contribution < -0.4 is 11.1 Å². The van der Waals surface area contributed by atoms with E-state index >= 15 is 0 Å². The number of hydrogen-bond acceptors (Lipinski definition) is 5. The van der Waals surface area contributed by atoms with E-state index < -0.39 is 0 Å². The van der Waals surface area contributed by atoms with Crippen LogP contribution in [-0.4, -0.2) is 50.6 Å². The normalized spacial score (nSPS) is 15.6. The first-order valence-corrected chi connectivity index (χ1v) is 10.0. The first-order chi connectivity index (χ1) is 14.9. The molecule has 0 radical (unpaired) electrons. The molecule has 31 heavy (non-hydrogen) atoms. The minimum Gasteiger partial charge on any atom is -0.383 e. The number of nitrogens with two attached hydrogens (primary N) is 1. The van der Waals surface area contributed by atoms with Gasteiger partial charge in [0.1, 0.15) is 5.82 Å². The number of aromatic nitrogens is 3. The van der Waals surface area contributed by atoms with Gasteiger partial charge in [-0.15, -0.1) is 0 Å². The molecule has 1 fully saturated rings. The van der Waals surface area contributed by atoms with Crippen molar-refractivity contribution < 1.29 is 9.59 Å². The maximum absolute atomic E-state index is 12.9. The highest BCUT2D eigenvalue weighted by Crippen LogP contribution is 2.22. The molecule has 3 aromatic rings. The van der Waals surface area contributed by atoms with Crippen LogP contribution in [0.1, 0.15) is 32.7 Å². The van der Waals surface area contributed by atoms with Crippen LogP contribution in [-0.2, 0) is 7.05 Å². The summed E-state index contributed by atoms with van der Waals surface area (Å²) in [4.78, 5) is 31.5. The quantitative estimate of drug-likeness (QED) is 0.664. The molecular formula is C23H24N6O2. The van der Waals surface area contributed by atoms with Crippen LogP contribution in [0.15, 0.2) is 55.5 Å². The molecule has 1 aliphatic rings. The molecule has 1 aliphatic heterocycles. The Balaban J connectivity index is 1.42. The second-order valence-corrected chi connectivity index (χ2v) is 7.60. The highest BCUT2D eigenvalue weighted by molar-refractivity contribution is 6.00. The molecule has 2 amide bonds.